The van der Waals surface area contributed by atoms with Crippen LogP contribution in [0.5, 0.6) is 0 Å². The Labute approximate surface area is 119 Å². The molecule has 1 N–H and O–H groups in total. The van der Waals surface area contributed by atoms with Crippen molar-refractivity contribution >= 4 is 17.2 Å². The normalized spacial score (nSPS) is 31.1. The van der Waals surface area contributed by atoms with E-state index in [0.717, 1.165) is 25.9 Å². The number of piperidine rings is 1. The summed E-state index contributed by atoms with van der Waals surface area (Å²) >= 11 is 1.83. The Morgan fingerprint density at radius 3 is 3.11 bits per heavy atom. The first-order chi connectivity index (χ1) is 9.18. The summed E-state index contributed by atoms with van der Waals surface area (Å²) in [4.78, 5) is 16.3. The number of carbonyl (C=O) groups excluding carboxylic acids is 1. The van der Waals surface area contributed by atoms with Gasteiger partial charge in [0.05, 0.1) is 12.1 Å². The van der Waals surface area contributed by atoms with Gasteiger partial charge in [-0.15, -0.1) is 11.3 Å². The second-order valence-corrected chi connectivity index (χ2v) is 6.81. The van der Waals surface area contributed by atoms with E-state index in [1.54, 1.807) is 0 Å². The molecule has 3 heterocycles. The zero-order chi connectivity index (χ0) is 13.4. The number of carbonyl (C=O) groups is 1. The van der Waals surface area contributed by atoms with Gasteiger partial charge in [-0.3, -0.25) is 4.79 Å². The van der Waals surface area contributed by atoms with Crippen molar-refractivity contribution in [2.75, 3.05) is 13.1 Å². The minimum Gasteiger partial charge on any atom is -0.334 e. The monoisotopic (exact) mass is 278 g/mol. The molecule has 4 heteroatoms. The Balaban J connectivity index is 1.77. The van der Waals surface area contributed by atoms with Gasteiger partial charge in [0.15, 0.2) is 0 Å². The quantitative estimate of drug-likeness (QED) is 0.856. The van der Waals surface area contributed by atoms with Crippen molar-refractivity contribution in [3.8, 4) is 0 Å². The van der Waals surface area contributed by atoms with E-state index in [1.165, 1.54) is 16.9 Å². The molecular weight excluding hydrogens is 256 g/mol. The standard InChI is InChI=1S/C15H22N2OS/c1-10-4-3-7-16-14(10)15(18)17-8-5-13-12(11(17)2)6-9-19-13/h6,9-11,14,16H,3-5,7-8H2,1-2H3. The fourth-order valence-corrected chi connectivity index (χ4v) is 4.33. The van der Waals surface area contributed by atoms with Gasteiger partial charge in [0.25, 0.3) is 0 Å². The Morgan fingerprint density at radius 2 is 2.32 bits per heavy atom. The smallest absolute Gasteiger partial charge is 0.240 e. The first kappa shape index (κ1) is 13.1. The summed E-state index contributed by atoms with van der Waals surface area (Å²) in [6, 6.07) is 2.44. The molecule has 3 rings (SSSR count). The topological polar surface area (TPSA) is 32.3 Å². The fraction of sp³-hybridized carbons (Fsp3) is 0.667. The molecule has 0 aromatic carbocycles. The Hall–Kier alpha value is -0.870. The van der Waals surface area contributed by atoms with Crippen molar-refractivity contribution in [1.82, 2.24) is 10.2 Å². The molecule has 0 aliphatic carbocycles. The second kappa shape index (κ2) is 5.25. The molecule has 3 atom stereocenters. The van der Waals surface area contributed by atoms with Gasteiger partial charge in [-0.05, 0) is 55.7 Å². The number of amides is 1. The lowest BCUT2D eigenvalue weighted by atomic mass is 9.90. The first-order valence-corrected chi connectivity index (χ1v) is 8.16. The van der Waals surface area contributed by atoms with Gasteiger partial charge >= 0.3 is 0 Å². The number of fused-ring (bicyclic) bond motifs is 1. The number of nitrogens with one attached hydrogen (secondary N) is 1. The van der Waals surface area contributed by atoms with E-state index in [4.69, 9.17) is 0 Å². The molecule has 3 nitrogen and oxygen atoms in total. The van der Waals surface area contributed by atoms with Gasteiger partial charge in [-0.1, -0.05) is 6.92 Å². The van der Waals surface area contributed by atoms with Gasteiger partial charge in [0.1, 0.15) is 0 Å². The van der Waals surface area contributed by atoms with Crippen LogP contribution in [0.15, 0.2) is 11.4 Å². The first-order valence-electron chi connectivity index (χ1n) is 7.28. The van der Waals surface area contributed by atoms with Crippen LogP contribution in [0, 0.1) is 5.92 Å². The molecule has 3 unspecified atom stereocenters. The summed E-state index contributed by atoms with van der Waals surface area (Å²) in [7, 11) is 0. The van der Waals surface area contributed by atoms with Crippen molar-refractivity contribution in [2.45, 2.75) is 45.2 Å². The predicted molar refractivity (Wildman–Crippen MR) is 78.3 cm³/mol. The van der Waals surface area contributed by atoms with Crippen LogP contribution < -0.4 is 5.32 Å². The molecule has 104 valence electrons. The van der Waals surface area contributed by atoms with Gasteiger partial charge in [0, 0.05) is 11.4 Å². The highest BCUT2D eigenvalue weighted by molar-refractivity contribution is 7.10. The molecule has 1 fully saturated rings. The molecule has 19 heavy (non-hydrogen) atoms. The highest BCUT2D eigenvalue weighted by Crippen LogP contribution is 2.34. The van der Waals surface area contributed by atoms with Crippen LogP contribution in [0.1, 0.15) is 43.2 Å². The minimum atomic E-state index is 0.0244. The van der Waals surface area contributed by atoms with Gasteiger partial charge in [0.2, 0.25) is 5.91 Å². The number of thiophene rings is 1. The predicted octanol–water partition coefficient (Wildman–Crippen LogP) is 2.58. The van der Waals surface area contributed by atoms with Gasteiger partial charge in [-0.2, -0.15) is 0 Å². The van der Waals surface area contributed by atoms with Crippen molar-refractivity contribution in [3.05, 3.63) is 21.9 Å². The molecule has 0 spiro atoms. The van der Waals surface area contributed by atoms with Crippen LogP contribution in [0.2, 0.25) is 0 Å². The highest BCUT2D eigenvalue weighted by Gasteiger charge is 2.35. The summed E-state index contributed by atoms with van der Waals surface area (Å²) in [5.41, 5.74) is 1.35. The largest absolute Gasteiger partial charge is 0.334 e. The maximum absolute atomic E-state index is 12.8. The Bertz CT molecular complexity index is 470. The van der Waals surface area contributed by atoms with Crippen LogP contribution in [0.25, 0.3) is 0 Å². The summed E-state index contributed by atoms with van der Waals surface area (Å²) < 4.78 is 0. The van der Waals surface area contributed by atoms with Crippen LogP contribution in [0.4, 0.5) is 0 Å². The number of hydrogen-bond donors (Lipinski definition) is 1. The molecule has 1 aromatic heterocycles. The van der Waals surface area contributed by atoms with E-state index in [9.17, 15) is 4.79 Å². The average Bonchev–Trinajstić information content (AvgIpc) is 2.88. The third-order valence-electron chi connectivity index (χ3n) is 4.60. The summed E-state index contributed by atoms with van der Waals surface area (Å²) in [6.45, 7) is 6.21. The SMILES string of the molecule is CC1CCCNC1C(=O)N1CCc2sccc2C1C. The maximum Gasteiger partial charge on any atom is 0.240 e. The molecule has 1 amide bonds. The lowest BCUT2D eigenvalue weighted by Gasteiger charge is -2.39. The summed E-state index contributed by atoms with van der Waals surface area (Å²) in [5, 5.41) is 5.57. The highest BCUT2D eigenvalue weighted by atomic mass is 32.1. The van der Waals surface area contributed by atoms with E-state index in [1.807, 2.05) is 11.3 Å². The third-order valence-corrected chi connectivity index (χ3v) is 5.59. The van der Waals surface area contributed by atoms with Gasteiger partial charge < -0.3 is 10.2 Å². The van der Waals surface area contributed by atoms with E-state index in [-0.39, 0.29) is 12.1 Å². The van der Waals surface area contributed by atoms with Crippen LogP contribution in [-0.4, -0.2) is 29.9 Å². The van der Waals surface area contributed by atoms with E-state index < -0.39 is 0 Å². The lowest BCUT2D eigenvalue weighted by Crippen LogP contribution is -2.53. The Kier molecular flexibility index (Phi) is 3.63. The zero-order valence-electron chi connectivity index (χ0n) is 11.7. The number of hydrogen-bond acceptors (Lipinski definition) is 3. The molecular formula is C15H22N2OS. The minimum absolute atomic E-state index is 0.0244. The molecule has 0 saturated carbocycles. The fourth-order valence-electron chi connectivity index (χ4n) is 3.37. The third kappa shape index (κ3) is 2.32. The van der Waals surface area contributed by atoms with Crippen molar-refractivity contribution < 1.29 is 4.79 Å². The van der Waals surface area contributed by atoms with E-state index in [0.29, 0.717) is 11.8 Å². The molecule has 0 bridgehead atoms. The van der Waals surface area contributed by atoms with E-state index >= 15 is 0 Å². The molecule has 2 aliphatic heterocycles. The molecule has 1 saturated heterocycles. The summed E-state index contributed by atoms with van der Waals surface area (Å²) in [5.74, 6) is 0.758. The van der Waals surface area contributed by atoms with Crippen LogP contribution >= 0.6 is 11.3 Å². The van der Waals surface area contributed by atoms with Crippen molar-refractivity contribution in [3.63, 3.8) is 0 Å². The Morgan fingerprint density at radius 1 is 1.47 bits per heavy atom. The van der Waals surface area contributed by atoms with Crippen LogP contribution in [0.3, 0.4) is 0 Å². The number of nitrogens with zero attached hydrogens (tertiary/aromatic N) is 1. The maximum atomic E-state index is 12.8. The summed E-state index contributed by atoms with van der Waals surface area (Å²) in [6.07, 6.45) is 3.37. The van der Waals surface area contributed by atoms with E-state index in [2.05, 4.69) is 35.5 Å². The second-order valence-electron chi connectivity index (χ2n) is 5.81. The number of rotatable bonds is 1. The molecule has 2 aliphatic rings. The molecule has 0 radical (unpaired) electrons. The lowest BCUT2D eigenvalue weighted by molar-refractivity contribution is -0.137. The van der Waals surface area contributed by atoms with Gasteiger partial charge in [-0.25, -0.2) is 0 Å². The van der Waals surface area contributed by atoms with Crippen molar-refractivity contribution in [2.24, 2.45) is 5.92 Å². The molecule has 1 aromatic rings. The van der Waals surface area contributed by atoms with Crippen LogP contribution in [-0.2, 0) is 11.2 Å². The zero-order valence-corrected chi connectivity index (χ0v) is 12.5. The van der Waals surface area contributed by atoms with Crippen molar-refractivity contribution in [1.29, 1.82) is 0 Å². The average molecular weight is 278 g/mol.